The molecule has 0 heterocycles. The van der Waals surface area contributed by atoms with Gasteiger partial charge in [-0.3, -0.25) is 0 Å². The Hall–Kier alpha value is -0.980. The fraction of sp³-hybridized carbons (Fsp3) is 0.500. The van der Waals surface area contributed by atoms with Crippen LogP contribution in [0.2, 0.25) is 0 Å². The summed E-state index contributed by atoms with van der Waals surface area (Å²) < 4.78 is 5.41. The summed E-state index contributed by atoms with van der Waals surface area (Å²) in [6.07, 6.45) is 7.95. The Morgan fingerprint density at radius 3 is 2.23 bits per heavy atom. The minimum Gasteiger partial charge on any atom is -0.498 e. The molecule has 0 radical (unpaired) electrons. The summed E-state index contributed by atoms with van der Waals surface area (Å²) in [6.45, 7) is 10.7. The zero-order valence-corrected chi connectivity index (χ0v) is 8.97. The molecule has 0 N–H and O–H groups in total. The summed E-state index contributed by atoms with van der Waals surface area (Å²) in [5, 5.41) is 0. The van der Waals surface area contributed by atoms with E-state index >= 15 is 0 Å². The third-order valence-electron chi connectivity index (χ3n) is 1.83. The van der Waals surface area contributed by atoms with E-state index in [4.69, 9.17) is 4.74 Å². The lowest BCUT2D eigenvalue weighted by atomic mass is 10.2. The van der Waals surface area contributed by atoms with E-state index in [1.165, 1.54) is 5.57 Å². The second kappa shape index (κ2) is 7.66. The summed E-state index contributed by atoms with van der Waals surface area (Å²) >= 11 is 0. The van der Waals surface area contributed by atoms with Crippen LogP contribution in [0, 0.1) is 0 Å². The summed E-state index contributed by atoms with van der Waals surface area (Å²) in [5.41, 5.74) is 1.24. The summed E-state index contributed by atoms with van der Waals surface area (Å²) in [5.74, 6) is 1.04. The Morgan fingerprint density at radius 2 is 1.85 bits per heavy atom. The highest BCUT2D eigenvalue weighted by atomic mass is 16.5. The average Bonchev–Trinajstić information content (AvgIpc) is 2.17. The highest BCUT2D eigenvalue weighted by Gasteiger charge is 1.90. The largest absolute Gasteiger partial charge is 0.498 e. The van der Waals surface area contributed by atoms with Gasteiger partial charge in [0, 0.05) is 6.42 Å². The SMILES string of the molecule is C=C/C(=C\C=C(/CC)OCC)CC. The molecule has 0 aromatic heterocycles. The third-order valence-corrected chi connectivity index (χ3v) is 1.83. The van der Waals surface area contributed by atoms with E-state index in [0.717, 1.165) is 25.2 Å². The lowest BCUT2D eigenvalue weighted by Crippen LogP contribution is -1.89. The Kier molecular flexibility index (Phi) is 7.08. The van der Waals surface area contributed by atoms with Crippen LogP contribution >= 0.6 is 0 Å². The van der Waals surface area contributed by atoms with E-state index < -0.39 is 0 Å². The Balaban J connectivity index is 4.32. The molecule has 0 aliphatic carbocycles. The van der Waals surface area contributed by atoms with E-state index in [0.29, 0.717) is 0 Å². The molecule has 1 heteroatoms. The van der Waals surface area contributed by atoms with Gasteiger partial charge in [-0.2, -0.15) is 0 Å². The highest BCUT2D eigenvalue weighted by Crippen LogP contribution is 2.06. The monoisotopic (exact) mass is 180 g/mol. The fourth-order valence-corrected chi connectivity index (χ4v) is 0.984. The van der Waals surface area contributed by atoms with Crippen LogP contribution in [-0.2, 0) is 4.74 Å². The number of hydrogen-bond donors (Lipinski definition) is 0. The van der Waals surface area contributed by atoms with Crippen LogP contribution in [0.25, 0.3) is 0 Å². The standard InChI is InChI=1S/C12H20O/c1-5-11(6-2)9-10-12(7-3)13-8-4/h5,9-10H,1,6-8H2,2-4H3/b11-9+,12-10+. The van der Waals surface area contributed by atoms with Crippen LogP contribution in [-0.4, -0.2) is 6.61 Å². The topological polar surface area (TPSA) is 9.23 Å². The van der Waals surface area contributed by atoms with Crippen molar-refractivity contribution in [2.45, 2.75) is 33.6 Å². The predicted octanol–water partition coefficient (Wildman–Crippen LogP) is 3.84. The molecule has 1 nitrogen and oxygen atoms in total. The molecule has 0 saturated carbocycles. The van der Waals surface area contributed by atoms with Gasteiger partial charge in [0.15, 0.2) is 0 Å². The minimum absolute atomic E-state index is 0.739. The molecule has 0 amide bonds. The van der Waals surface area contributed by atoms with Crippen LogP contribution in [0.3, 0.4) is 0 Å². The average molecular weight is 180 g/mol. The van der Waals surface area contributed by atoms with Crippen molar-refractivity contribution in [1.29, 1.82) is 0 Å². The molecular weight excluding hydrogens is 160 g/mol. The quantitative estimate of drug-likeness (QED) is 0.446. The van der Waals surface area contributed by atoms with Crippen LogP contribution in [0.1, 0.15) is 33.6 Å². The van der Waals surface area contributed by atoms with Gasteiger partial charge in [-0.25, -0.2) is 0 Å². The van der Waals surface area contributed by atoms with Crippen LogP contribution in [0.4, 0.5) is 0 Å². The molecular formula is C12H20O. The van der Waals surface area contributed by atoms with Crippen LogP contribution < -0.4 is 0 Å². The first-order valence-corrected chi connectivity index (χ1v) is 4.93. The molecule has 0 saturated heterocycles. The molecule has 0 aliphatic heterocycles. The number of ether oxygens (including phenoxy) is 1. The molecule has 13 heavy (non-hydrogen) atoms. The molecule has 0 bridgehead atoms. The van der Waals surface area contributed by atoms with Gasteiger partial charge in [0.1, 0.15) is 0 Å². The van der Waals surface area contributed by atoms with Crippen molar-refractivity contribution in [2.75, 3.05) is 6.61 Å². The van der Waals surface area contributed by atoms with Crippen molar-refractivity contribution in [3.05, 3.63) is 36.1 Å². The van der Waals surface area contributed by atoms with Gasteiger partial charge in [-0.05, 0) is 25.0 Å². The smallest absolute Gasteiger partial charge is 0.0956 e. The Morgan fingerprint density at radius 1 is 1.15 bits per heavy atom. The lowest BCUT2D eigenvalue weighted by Gasteiger charge is -2.04. The first-order valence-electron chi connectivity index (χ1n) is 4.93. The van der Waals surface area contributed by atoms with Gasteiger partial charge in [0.2, 0.25) is 0 Å². The molecule has 0 aromatic rings. The van der Waals surface area contributed by atoms with Gasteiger partial charge in [0.25, 0.3) is 0 Å². The summed E-state index contributed by atoms with van der Waals surface area (Å²) in [4.78, 5) is 0. The lowest BCUT2D eigenvalue weighted by molar-refractivity contribution is 0.221. The molecule has 0 rings (SSSR count). The molecule has 0 atom stereocenters. The molecule has 0 fully saturated rings. The molecule has 0 aromatic carbocycles. The molecule has 74 valence electrons. The van der Waals surface area contributed by atoms with Gasteiger partial charge < -0.3 is 4.74 Å². The normalized spacial score (nSPS) is 12.8. The number of hydrogen-bond acceptors (Lipinski definition) is 1. The van der Waals surface area contributed by atoms with Gasteiger partial charge in [-0.15, -0.1) is 0 Å². The molecule has 0 spiro atoms. The van der Waals surface area contributed by atoms with E-state index in [1.807, 2.05) is 19.1 Å². The summed E-state index contributed by atoms with van der Waals surface area (Å²) in [7, 11) is 0. The van der Waals surface area contributed by atoms with Crippen molar-refractivity contribution < 1.29 is 4.74 Å². The predicted molar refractivity (Wildman–Crippen MR) is 58.6 cm³/mol. The maximum absolute atomic E-state index is 5.41. The maximum atomic E-state index is 5.41. The van der Waals surface area contributed by atoms with Crippen LogP contribution in [0.15, 0.2) is 36.1 Å². The van der Waals surface area contributed by atoms with Crippen LogP contribution in [0.5, 0.6) is 0 Å². The van der Waals surface area contributed by atoms with Gasteiger partial charge in [-0.1, -0.05) is 32.6 Å². The fourth-order valence-electron chi connectivity index (χ4n) is 0.984. The second-order valence-corrected chi connectivity index (χ2v) is 2.72. The van der Waals surface area contributed by atoms with Crippen molar-refractivity contribution in [2.24, 2.45) is 0 Å². The summed E-state index contributed by atoms with van der Waals surface area (Å²) in [6, 6.07) is 0. The van der Waals surface area contributed by atoms with Crippen molar-refractivity contribution >= 4 is 0 Å². The highest BCUT2D eigenvalue weighted by molar-refractivity contribution is 5.22. The van der Waals surface area contributed by atoms with Crippen molar-refractivity contribution in [3.8, 4) is 0 Å². The first kappa shape index (κ1) is 12.0. The number of allylic oxidation sites excluding steroid dienone is 5. The van der Waals surface area contributed by atoms with Gasteiger partial charge >= 0.3 is 0 Å². The van der Waals surface area contributed by atoms with E-state index in [-0.39, 0.29) is 0 Å². The zero-order chi connectivity index (χ0) is 10.1. The Bertz CT molecular complexity index is 199. The minimum atomic E-state index is 0.739. The van der Waals surface area contributed by atoms with E-state index in [9.17, 15) is 0 Å². The number of rotatable bonds is 6. The van der Waals surface area contributed by atoms with E-state index in [2.05, 4.69) is 26.5 Å². The Labute approximate surface area is 81.8 Å². The first-order chi connectivity index (χ1) is 6.28. The molecule has 0 unspecified atom stereocenters. The van der Waals surface area contributed by atoms with Gasteiger partial charge in [0.05, 0.1) is 12.4 Å². The molecule has 0 aliphatic rings. The van der Waals surface area contributed by atoms with Crippen molar-refractivity contribution in [1.82, 2.24) is 0 Å². The van der Waals surface area contributed by atoms with E-state index in [1.54, 1.807) is 0 Å². The van der Waals surface area contributed by atoms with Crippen molar-refractivity contribution in [3.63, 3.8) is 0 Å². The zero-order valence-electron chi connectivity index (χ0n) is 8.97. The maximum Gasteiger partial charge on any atom is 0.0956 e. The third kappa shape index (κ3) is 5.29. The second-order valence-electron chi connectivity index (χ2n) is 2.72.